The molecule has 0 atom stereocenters. The maximum Gasteiger partial charge on any atom is 0.171 e. The molecule has 0 aliphatic carbocycles. The topological polar surface area (TPSA) is 70.7 Å². The summed E-state index contributed by atoms with van der Waals surface area (Å²) in [5.41, 5.74) is 10.2. The number of nitrogens with two attached hydrogens (primary N) is 1. The second kappa shape index (κ2) is 8.00. The zero-order valence-electron chi connectivity index (χ0n) is 17.4. The van der Waals surface area contributed by atoms with Gasteiger partial charge in [-0.25, -0.2) is 4.99 Å². The lowest BCUT2D eigenvalue weighted by atomic mass is 9.85. The van der Waals surface area contributed by atoms with E-state index in [4.69, 9.17) is 17.1 Å². The van der Waals surface area contributed by atoms with Gasteiger partial charge in [-0.15, -0.1) is 6.42 Å². The Bertz CT molecular complexity index is 977. The number of ketones is 1. The summed E-state index contributed by atoms with van der Waals surface area (Å²) < 4.78 is 0. The minimum Gasteiger partial charge on any atom is -0.403 e. The lowest BCUT2D eigenvalue weighted by Gasteiger charge is -2.20. The van der Waals surface area contributed by atoms with E-state index in [0.29, 0.717) is 22.7 Å². The summed E-state index contributed by atoms with van der Waals surface area (Å²) in [7, 11) is 0. The predicted octanol–water partition coefficient (Wildman–Crippen LogP) is 3.58. The number of nitrogens with one attached hydrogen (secondary N) is 1. The third-order valence-corrected chi connectivity index (χ3v) is 5.10. The third kappa shape index (κ3) is 4.27. The molecule has 0 radical (unpaired) electrons. The Labute approximate surface area is 173 Å². The fraction of sp³-hybridized carbons (Fsp3) is 0.333. The maximum absolute atomic E-state index is 12.8. The minimum absolute atomic E-state index is 0.00565. The molecular formula is C24H28N4O. The van der Waals surface area contributed by atoms with Crippen LogP contribution < -0.4 is 16.0 Å². The molecule has 0 spiro atoms. The number of nitrogens with zero attached hydrogens (tertiary/aromatic N) is 2. The van der Waals surface area contributed by atoms with Gasteiger partial charge in [0.1, 0.15) is 0 Å². The minimum atomic E-state index is -0.530. The van der Waals surface area contributed by atoms with Crippen molar-refractivity contribution in [3.8, 4) is 12.3 Å². The first-order chi connectivity index (χ1) is 13.7. The Morgan fingerprint density at radius 1 is 1.31 bits per heavy atom. The largest absolute Gasteiger partial charge is 0.403 e. The molecule has 0 bridgehead atoms. The number of aliphatic imine (C=N–C) groups is 1. The molecule has 1 aromatic carbocycles. The van der Waals surface area contributed by atoms with Crippen molar-refractivity contribution >= 4 is 22.9 Å². The molecule has 0 saturated carbocycles. The predicted molar refractivity (Wildman–Crippen MR) is 120 cm³/mol. The number of rotatable bonds is 4. The van der Waals surface area contributed by atoms with Crippen LogP contribution in [0.3, 0.4) is 0 Å². The van der Waals surface area contributed by atoms with Crippen LogP contribution in [0.1, 0.15) is 44.7 Å². The molecule has 150 valence electrons. The van der Waals surface area contributed by atoms with Crippen molar-refractivity contribution in [3.63, 3.8) is 0 Å². The van der Waals surface area contributed by atoms with Crippen molar-refractivity contribution in [1.82, 2.24) is 5.32 Å². The molecule has 0 aromatic heterocycles. The van der Waals surface area contributed by atoms with Gasteiger partial charge < -0.3 is 16.0 Å². The lowest BCUT2D eigenvalue weighted by Crippen LogP contribution is -2.25. The highest BCUT2D eigenvalue weighted by Gasteiger charge is 2.32. The molecular weight excluding hydrogens is 360 g/mol. The van der Waals surface area contributed by atoms with Crippen LogP contribution in [0.15, 0.2) is 53.4 Å². The van der Waals surface area contributed by atoms with E-state index in [1.165, 1.54) is 19.0 Å². The summed E-state index contributed by atoms with van der Waals surface area (Å²) in [5.74, 6) is 2.72. The first-order valence-electron chi connectivity index (χ1n) is 9.83. The Hall–Kier alpha value is -3.26. The van der Waals surface area contributed by atoms with Gasteiger partial charge in [-0.1, -0.05) is 33.3 Å². The van der Waals surface area contributed by atoms with E-state index in [2.05, 4.69) is 28.8 Å². The van der Waals surface area contributed by atoms with Crippen molar-refractivity contribution in [2.75, 3.05) is 18.0 Å². The summed E-state index contributed by atoms with van der Waals surface area (Å²) in [6, 6.07) is 5.96. The Balaban J connectivity index is 2.02. The monoisotopic (exact) mass is 388 g/mol. The smallest absolute Gasteiger partial charge is 0.171 e. The maximum atomic E-state index is 12.8. The first kappa shape index (κ1) is 20.5. The number of allylic oxidation sites excluding steroid dienone is 1. The van der Waals surface area contributed by atoms with Crippen LogP contribution in [0.2, 0.25) is 0 Å². The summed E-state index contributed by atoms with van der Waals surface area (Å²) in [5, 5.41) is 3.02. The van der Waals surface area contributed by atoms with Crippen LogP contribution in [-0.2, 0) is 4.79 Å². The zero-order valence-corrected chi connectivity index (χ0v) is 17.4. The molecule has 2 aliphatic rings. The van der Waals surface area contributed by atoms with Crippen molar-refractivity contribution < 1.29 is 4.79 Å². The number of hydrogen-bond acceptors (Lipinski definition) is 5. The summed E-state index contributed by atoms with van der Waals surface area (Å²) in [4.78, 5) is 19.9. The van der Waals surface area contributed by atoms with Gasteiger partial charge in [0.25, 0.3) is 0 Å². The summed E-state index contributed by atoms with van der Waals surface area (Å²) in [6.45, 7) is 11.7. The van der Waals surface area contributed by atoms with Crippen LogP contribution in [0, 0.1) is 17.8 Å². The van der Waals surface area contributed by atoms with E-state index in [-0.39, 0.29) is 5.78 Å². The number of Topliss-reactive ketones (excluding diaryl/α,β-unsaturated/α-hetero) is 1. The molecule has 1 fully saturated rings. The highest BCUT2D eigenvalue weighted by atomic mass is 16.1. The van der Waals surface area contributed by atoms with Crippen molar-refractivity contribution in [1.29, 1.82) is 0 Å². The molecule has 0 unspecified atom stereocenters. The molecule has 2 heterocycles. The quantitative estimate of drug-likeness (QED) is 0.774. The first-order valence-corrected chi connectivity index (χ1v) is 9.83. The van der Waals surface area contributed by atoms with Gasteiger partial charge in [-0.3, -0.25) is 4.79 Å². The standard InChI is InChI=1S/C24H28N4O/c1-6-17-11-18(13-19(12-17)28-9-7-8-10-28)21(14-25)27-22-16(2)26-15-20(22)23(29)24(3,4)5/h1,11-15,26H,2,7-10,25H2,3-5H3/b21-14-,27-22+. The van der Waals surface area contributed by atoms with Crippen LogP contribution in [-0.4, -0.2) is 24.6 Å². The average Bonchev–Trinajstić information content (AvgIpc) is 3.34. The van der Waals surface area contributed by atoms with Crippen molar-refractivity contribution in [2.45, 2.75) is 33.6 Å². The summed E-state index contributed by atoms with van der Waals surface area (Å²) in [6.07, 6.45) is 11.1. The molecule has 5 heteroatoms. The highest BCUT2D eigenvalue weighted by Crippen LogP contribution is 2.30. The molecule has 1 aromatic rings. The molecule has 5 nitrogen and oxygen atoms in total. The van der Waals surface area contributed by atoms with Gasteiger partial charge in [0.05, 0.1) is 22.7 Å². The van der Waals surface area contributed by atoms with Gasteiger partial charge in [0.2, 0.25) is 0 Å². The van der Waals surface area contributed by atoms with Gasteiger partial charge >= 0.3 is 0 Å². The Morgan fingerprint density at radius 2 is 2.00 bits per heavy atom. The zero-order chi connectivity index (χ0) is 21.2. The fourth-order valence-corrected chi connectivity index (χ4v) is 3.48. The molecule has 3 N–H and O–H groups in total. The third-order valence-electron chi connectivity index (χ3n) is 5.10. The van der Waals surface area contributed by atoms with E-state index in [1.54, 1.807) is 6.20 Å². The van der Waals surface area contributed by atoms with E-state index < -0.39 is 5.41 Å². The van der Waals surface area contributed by atoms with Gasteiger partial charge in [-0.05, 0) is 31.0 Å². The van der Waals surface area contributed by atoms with E-state index in [0.717, 1.165) is 29.9 Å². The molecule has 0 amide bonds. The second-order valence-electron chi connectivity index (χ2n) is 8.38. The Morgan fingerprint density at radius 3 is 2.59 bits per heavy atom. The summed E-state index contributed by atoms with van der Waals surface area (Å²) >= 11 is 0. The molecule has 3 rings (SSSR count). The van der Waals surface area contributed by atoms with E-state index >= 15 is 0 Å². The van der Waals surface area contributed by atoms with Gasteiger partial charge in [-0.2, -0.15) is 0 Å². The normalized spacial score (nSPS) is 18.6. The molecule has 1 saturated heterocycles. The SMILES string of the molecule is C#Cc1cc(C(=C/N)/N=C2\C(=C)NC=C2C(=O)C(C)(C)C)cc(N2CCCC2)c1. The van der Waals surface area contributed by atoms with E-state index in [9.17, 15) is 4.79 Å². The average molecular weight is 389 g/mol. The highest BCUT2D eigenvalue weighted by molar-refractivity contribution is 6.31. The Kier molecular flexibility index (Phi) is 5.65. The second-order valence-corrected chi connectivity index (χ2v) is 8.38. The number of carbonyl (C=O) groups is 1. The van der Waals surface area contributed by atoms with Crippen LogP contribution in [0.4, 0.5) is 5.69 Å². The van der Waals surface area contributed by atoms with Gasteiger partial charge in [0.15, 0.2) is 5.78 Å². The lowest BCUT2D eigenvalue weighted by molar-refractivity contribution is -0.121. The van der Waals surface area contributed by atoms with Crippen LogP contribution in [0.5, 0.6) is 0 Å². The van der Waals surface area contributed by atoms with Crippen molar-refractivity contribution in [3.05, 3.63) is 59.6 Å². The number of benzene rings is 1. The van der Waals surface area contributed by atoms with Crippen LogP contribution in [0.25, 0.3) is 5.70 Å². The number of terminal acetylenes is 1. The molecule has 2 aliphatic heterocycles. The molecule has 29 heavy (non-hydrogen) atoms. The fourth-order valence-electron chi connectivity index (χ4n) is 3.48. The van der Waals surface area contributed by atoms with Crippen LogP contribution >= 0.6 is 0 Å². The van der Waals surface area contributed by atoms with Crippen molar-refractivity contribution in [2.24, 2.45) is 16.1 Å². The van der Waals surface area contributed by atoms with E-state index in [1.807, 2.05) is 32.9 Å². The van der Waals surface area contributed by atoms with Gasteiger partial charge in [0, 0.05) is 47.7 Å². The number of anilines is 1. The number of carbonyl (C=O) groups excluding carboxylic acids is 1. The number of hydrogen-bond donors (Lipinski definition) is 2.